The predicted molar refractivity (Wildman–Crippen MR) is 93.2 cm³/mol. The van der Waals surface area contributed by atoms with Crippen LogP contribution in [-0.4, -0.2) is 20.7 Å². The topological polar surface area (TPSA) is 59.8 Å². The van der Waals surface area contributed by atoms with Crippen LogP contribution in [0.5, 0.6) is 0 Å². The number of benzene rings is 1. The third kappa shape index (κ3) is 3.16. The number of pyridine rings is 1. The molecule has 0 aliphatic carbocycles. The minimum Gasteiger partial charge on any atom is -0.321 e. The average Bonchev–Trinajstić information content (AvgIpc) is 3.05. The summed E-state index contributed by atoms with van der Waals surface area (Å²) in [5.41, 5.74) is 3.08. The number of hydrogen-bond donors (Lipinski definition) is 1. The van der Waals surface area contributed by atoms with Gasteiger partial charge in [-0.2, -0.15) is 5.10 Å². The zero-order valence-corrected chi connectivity index (χ0v) is 14.0. The van der Waals surface area contributed by atoms with E-state index < -0.39 is 0 Å². The van der Waals surface area contributed by atoms with Gasteiger partial charge in [0.05, 0.1) is 5.69 Å². The summed E-state index contributed by atoms with van der Waals surface area (Å²) in [6.07, 6.45) is 5.11. The second kappa shape index (κ2) is 6.27. The summed E-state index contributed by atoms with van der Waals surface area (Å²) in [5, 5.41) is 7.01. The molecule has 2 heterocycles. The fraction of sp³-hybridized carbons (Fsp3) is 0.0625. The van der Waals surface area contributed by atoms with E-state index in [1.54, 1.807) is 29.2 Å². The minimum absolute atomic E-state index is 0.242. The quantitative estimate of drug-likeness (QED) is 0.681. The lowest BCUT2D eigenvalue weighted by atomic mass is 10.2. The van der Waals surface area contributed by atoms with Crippen molar-refractivity contribution in [2.24, 2.45) is 0 Å². The van der Waals surface area contributed by atoms with Crippen molar-refractivity contribution in [3.63, 3.8) is 0 Å². The highest BCUT2D eigenvalue weighted by Crippen LogP contribution is 2.18. The van der Waals surface area contributed by atoms with E-state index >= 15 is 0 Å². The molecule has 0 aliphatic heterocycles. The summed E-state index contributed by atoms with van der Waals surface area (Å²) < 4.78 is 2.79. The molecule has 0 bridgehead atoms. The predicted octanol–water partition coefficient (Wildman–Crippen LogP) is 3.43. The molecule has 0 saturated heterocycles. The number of carbonyl (C=O) groups excluding carboxylic acids is 1. The largest absolute Gasteiger partial charge is 0.321 e. The molecule has 0 unspecified atom stereocenters. The van der Waals surface area contributed by atoms with Gasteiger partial charge in [0.15, 0.2) is 0 Å². The highest BCUT2D eigenvalue weighted by atomic mass is 127. The van der Waals surface area contributed by atoms with Crippen molar-refractivity contribution in [3.8, 4) is 5.69 Å². The number of nitrogens with one attached hydrogen (secondary N) is 1. The van der Waals surface area contributed by atoms with Gasteiger partial charge in [-0.25, -0.2) is 4.68 Å². The molecule has 5 nitrogen and oxygen atoms in total. The van der Waals surface area contributed by atoms with Crippen molar-refractivity contribution in [1.82, 2.24) is 14.8 Å². The second-order valence-electron chi connectivity index (χ2n) is 4.77. The lowest BCUT2D eigenvalue weighted by Gasteiger charge is -2.08. The maximum Gasteiger partial charge on any atom is 0.274 e. The number of nitrogens with zero attached hydrogens (tertiary/aromatic N) is 3. The third-order valence-corrected chi connectivity index (χ3v) is 4.34. The first-order valence-corrected chi connectivity index (χ1v) is 7.75. The van der Waals surface area contributed by atoms with Crippen LogP contribution in [0, 0.1) is 10.5 Å². The normalized spacial score (nSPS) is 10.5. The van der Waals surface area contributed by atoms with E-state index in [2.05, 4.69) is 38.0 Å². The zero-order chi connectivity index (χ0) is 15.5. The summed E-state index contributed by atoms with van der Waals surface area (Å²) in [6.45, 7) is 2.03. The molecule has 6 heteroatoms. The van der Waals surface area contributed by atoms with E-state index in [0.29, 0.717) is 5.69 Å². The molecular weight excluding hydrogens is 391 g/mol. The first kappa shape index (κ1) is 14.7. The molecule has 1 N–H and O–H groups in total. The molecule has 0 spiro atoms. The summed E-state index contributed by atoms with van der Waals surface area (Å²) in [7, 11) is 0. The van der Waals surface area contributed by atoms with E-state index in [1.807, 2.05) is 37.4 Å². The Kier molecular flexibility index (Phi) is 4.19. The Hall–Kier alpha value is -2.22. The van der Waals surface area contributed by atoms with Crippen molar-refractivity contribution in [2.75, 3.05) is 5.32 Å². The van der Waals surface area contributed by atoms with E-state index in [1.165, 1.54) is 5.56 Å². The van der Waals surface area contributed by atoms with Crippen molar-refractivity contribution in [3.05, 3.63) is 69.8 Å². The number of anilines is 1. The van der Waals surface area contributed by atoms with Gasteiger partial charge in [-0.15, -0.1) is 0 Å². The number of halogens is 1. The first-order chi connectivity index (χ1) is 10.6. The Labute approximate surface area is 141 Å². The van der Waals surface area contributed by atoms with Gasteiger partial charge in [0, 0.05) is 27.8 Å². The van der Waals surface area contributed by atoms with Crippen molar-refractivity contribution >= 4 is 34.2 Å². The lowest BCUT2D eigenvalue weighted by molar-refractivity contribution is 0.102. The molecule has 1 amide bonds. The third-order valence-electron chi connectivity index (χ3n) is 3.17. The van der Waals surface area contributed by atoms with Gasteiger partial charge in [-0.1, -0.05) is 6.07 Å². The van der Waals surface area contributed by atoms with Gasteiger partial charge in [0.2, 0.25) is 0 Å². The van der Waals surface area contributed by atoms with Crippen LogP contribution in [0.4, 0.5) is 5.69 Å². The monoisotopic (exact) mass is 404 g/mol. The van der Waals surface area contributed by atoms with E-state index in [0.717, 1.165) is 14.9 Å². The van der Waals surface area contributed by atoms with Crippen LogP contribution in [-0.2, 0) is 0 Å². The highest BCUT2D eigenvalue weighted by Gasteiger charge is 2.10. The van der Waals surface area contributed by atoms with Gasteiger partial charge in [0.25, 0.3) is 5.91 Å². The van der Waals surface area contributed by atoms with Crippen molar-refractivity contribution < 1.29 is 4.79 Å². The molecule has 0 fully saturated rings. The average molecular weight is 404 g/mol. The summed E-state index contributed by atoms with van der Waals surface area (Å²) in [6, 6.07) is 11.1. The van der Waals surface area contributed by atoms with Crippen molar-refractivity contribution in [2.45, 2.75) is 6.92 Å². The Morgan fingerprint density at radius 2 is 2.09 bits per heavy atom. The Morgan fingerprint density at radius 1 is 1.23 bits per heavy atom. The molecule has 22 heavy (non-hydrogen) atoms. The lowest BCUT2D eigenvalue weighted by Crippen LogP contribution is -2.14. The fourth-order valence-electron chi connectivity index (χ4n) is 1.97. The highest BCUT2D eigenvalue weighted by molar-refractivity contribution is 14.1. The fourth-order valence-corrected chi connectivity index (χ4v) is 2.49. The van der Waals surface area contributed by atoms with Gasteiger partial charge in [0.1, 0.15) is 5.69 Å². The van der Waals surface area contributed by atoms with E-state index in [9.17, 15) is 4.79 Å². The summed E-state index contributed by atoms with van der Waals surface area (Å²) in [5.74, 6) is -0.242. The van der Waals surface area contributed by atoms with Crippen LogP contribution in [0.3, 0.4) is 0 Å². The van der Waals surface area contributed by atoms with Gasteiger partial charge in [-0.3, -0.25) is 9.78 Å². The maximum atomic E-state index is 12.3. The smallest absolute Gasteiger partial charge is 0.274 e. The molecule has 0 saturated carbocycles. The van der Waals surface area contributed by atoms with Gasteiger partial charge in [-0.05, 0) is 65.4 Å². The van der Waals surface area contributed by atoms with Crippen LogP contribution < -0.4 is 5.32 Å². The van der Waals surface area contributed by atoms with Gasteiger partial charge >= 0.3 is 0 Å². The standard InChI is InChI=1S/C16H13IN4O/c1-11-3-4-12(9-14(11)17)20-16(22)15-10-13(5-7-18-15)21-8-2-6-19-21/h2-10H,1H3,(H,20,22). The number of rotatable bonds is 3. The SMILES string of the molecule is Cc1ccc(NC(=O)c2cc(-n3cccn3)ccn2)cc1I. The first-order valence-electron chi connectivity index (χ1n) is 6.67. The second-order valence-corrected chi connectivity index (χ2v) is 5.93. The number of carbonyl (C=O) groups is 1. The van der Waals surface area contributed by atoms with Crippen LogP contribution in [0.1, 0.15) is 16.1 Å². The Bertz CT molecular complexity index is 815. The van der Waals surface area contributed by atoms with Crippen LogP contribution in [0.2, 0.25) is 0 Å². The molecule has 0 radical (unpaired) electrons. The Morgan fingerprint density at radius 3 is 2.82 bits per heavy atom. The number of aromatic nitrogens is 3. The van der Waals surface area contributed by atoms with Crippen LogP contribution in [0.25, 0.3) is 5.69 Å². The maximum absolute atomic E-state index is 12.3. The molecule has 2 aromatic heterocycles. The van der Waals surface area contributed by atoms with Crippen LogP contribution >= 0.6 is 22.6 Å². The molecule has 1 aromatic carbocycles. The molecule has 0 atom stereocenters. The Balaban J connectivity index is 1.83. The van der Waals surface area contributed by atoms with Crippen molar-refractivity contribution in [1.29, 1.82) is 0 Å². The molecule has 3 rings (SSSR count). The van der Waals surface area contributed by atoms with E-state index in [4.69, 9.17) is 0 Å². The zero-order valence-electron chi connectivity index (χ0n) is 11.8. The van der Waals surface area contributed by atoms with E-state index in [-0.39, 0.29) is 5.91 Å². The molecule has 110 valence electrons. The molecule has 3 aromatic rings. The minimum atomic E-state index is -0.242. The molecular formula is C16H13IN4O. The molecule has 0 aliphatic rings. The van der Waals surface area contributed by atoms with Crippen LogP contribution in [0.15, 0.2) is 55.0 Å². The number of aryl methyl sites for hydroxylation is 1. The number of amides is 1. The summed E-state index contributed by atoms with van der Waals surface area (Å²) >= 11 is 2.25. The van der Waals surface area contributed by atoms with Gasteiger partial charge < -0.3 is 5.32 Å². The number of hydrogen-bond acceptors (Lipinski definition) is 3. The summed E-state index contributed by atoms with van der Waals surface area (Å²) in [4.78, 5) is 16.5.